The average Bonchev–Trinajstić information content (AvgIpc) is 2.49. The Morgan fingerprint density at radius 3 is 2.70 bits per heavy atom. The fourth-order valence-corrected chi connectivity index (χ4v) is 2.68. The summed E-state index contributed by atoms with van der Waals surface area (Å²) in [4.78, 5) is 7.92. The lowest BCUT2D eigenvalue weighted by atomic mass is 10.2. The number of sulfonamides is 1. The molecule has 0 atom stereocenters. The van der Waals surface area contributed by atoms with Gasteiger partial charge in [-0.15, -0.1) is 0 Å². The molecule has 23 heavy (non-hydrogen) atoms. The van der Waals surface area contributed by atoms with Crippen molar-refractivity contribution in [2.24, 2.45) is 0 Å². The highest BCUT2D eigenvalue weighted by Crippen LogP contribution is 2.34. The molecule has 124 valence electrons. The molecule has 1 heterocycles. The first-order valence-electron chi connectivity index (χ1n) is 6.29. The molecule has 2 rings (SSSR count). The van der Waals surface area contributed by atoms with Crippen LogP contribution in [0.25, 0.3) is 0 Å². The molecule has 0 unspecified atom stereocenters. The number of hydrogen-bond donors (Lipinski definition) is 1. The van der Waals surface area contributed by atoms with Crippen LogP contribution in [0.15, 0.2) is 28.9 Å². The van der Waals surface area contributed by atoms with Crippen molar-refractivity contribution >= 4 is 54.7 Å². The van der Waals surface area contributed by atoms with Crippen molar-refractivity contribution in [1.82, 2.24) is 9.97 Å². The van der Waals surface area contributed by atoms with Gasteiger partial charge in [0.1, 0.15) is 11.6 Å². The van der Waals surface area contributed by atoms with Gasteiger partial charge in [0.2, 0.25) is 15.3 Å². The van der Waals surface area contributed by atoms with Gasteiger partial charge in [0.15, 0.2) is 0 Å². The highest BCUT2D eigenvalue weighted by Gasteiger charge is 2.18. The lowest BCUT2D eigenvalue weighted by molar-refractivity contribution is 0.415. The Kier molecular flexibility index (Phi) is 5.33. The number of hydrogen-bond acceptors (Lipinski definition) is 6. The third-order valence-electron chi connectivity index (χ3n) is 3.01. The summed E-state index contributed by atoms with van der Waals surface area (Å²) in [5.74, 6) is 0.944. The topological polar surface area (TPSA) is 84.4 Å². The van der Waals surface area contributed by atoms with Crippen molar-refractivity contribution in [3.8, 4) is 5.75 Å². The van der Waals surface area contributed by atoms with E-state index in [1.165, 1.54) is 20.4 Å². The van der Waals surface area contributed by atoms with Crippen LogP contribution in [-0.4, -0.2) is 38.8 Å². The summed E-state index contributed by atoms with van der Waals surface area (Å²) in [6.07, 6.45) is 2.62. The lowest BCUT2D eigenvalue weighted by Crippen LogP contribution is -2.25. The Morgan fingerprint density at radius 1 is 1.39 bits per heavy atom. The Hall–Kier alpha value is -1.58. The van der Waals surface area contributed by atoms with Gasteiger partial charge in [0, 0.05) is 19.3 Å². The van der Waals surface area contributed by atoms with Gasteiger partial charge in [-0.3, -0.25) is 4.31 Å². The molecule has 0 spiro atoms. The van der Waals surface area contributed by atoms with Gasteiger partial charge in [-0.25, -0.2) is 13.4 Å². The number of halogens is 2. The van der Waals surface area contributed by atoms with Crippen LogP contribution in [0, 0.1) is 0 Å². The molecule has 0 radical (unpaired) electrons. The van der Waals surface area contributed by atoms with E-state index in [1.807, 2.05) is 0 Å². The lowest BCUT2D eigenvalue weighted by Gasteiger charge is -2.21. The summed E-state index contributed by atoms with van der Waals surface area (Å²) < 4.78 is 30.6. The summed E-state index contributed by atoms with van der Waals surface area (Å²) in [6, 6.07) is 5.01. The summed E-state index contributed by atoms with van der Waals surface area (Å²) >= 11 is 9.11. The van der Waals surface area contributed by atoms with Crippen molar-refractivity contribution in [1.29, 1.82) is 0 Å². The number of nitrogens with one attached hydrogen (secondary N) is 1. The minimum atomic E-state index is -3.45. The zero-order valence-electron chi connectivity index (χ0n) is 12.5. The van der Waals surface area contributed by atoms with Crippen LogP contribution in [0.5, 0.6) is 5.75 Å². The molecular weight excluding hydrogens is 408 g/mol. The van der Waals surface area contributed by atoms with E-state index >= 15 is 0 Å². The van der Waals surface area contributed by atoms with E-state index in [4.69, 9.17) is 16.3 Å². The van der Waals surface area contributed by atoms with Crippen molar-refractivity contribution in [2.75, 3.05) is 30.0 Å². The van der Waals surface area contributed by atoms with Crippen LogP contribution >= 0.6 is 27.5 Å². The largest absolute Gasteiger partial charge is 0.497 e. The van der Waals surface area contributed by atoms with E-state index < -0.39 is 10.0 Å². The Morgan fingerprint density at radius 2 is 2.09 bits per heavy atom. The number of rotatable bonds is 5. The standard InChI is InChI=1S/C13H14BrClN4O3S/c1-19(23(3,20)21)11-6-8(22-2)4-5-10(11)17-12-9(14)7-16-13(15)18-12/h4-7H,1-3H3,(H,16,17,18). The fraction of sp³-hybridized carbons (Fsp3) is 0.231. The summed E-state index contributed by atoms with van der Waals surface area (Å²) in [5, 5.41) is 3.11. The molecule has 0 fully saturated rings. The van der Waals surface area contributed by atoms with Crippen molar-refractivity contribution in [3.05, 3.63) is 34.2 Å². The summed E-state index contributed by atoms with van der Waals surface area (Å²) in [7, 11) is -0.484. The molecule has 1 aromatic heterocycles. The van der Waals surface area contributed by atoms with Crippen LogP contribution in [0.3, 0.4) is 0 Å². The highest BCUT2D eigenvalue weighted by atomic mass is 79.9. The molecule has 0 saturated carbocycles. The smallest absolute Gasteiger partial charge is 0.232 e. The molecular formula is C13H14BrClN4O3S. The molecule has 10 heteroatoms. The van der Waals surface area contributed by atoms with Crippen LogP contribution < -0.4 is 14.4 Å². The monoisotopic (exact) mass is 420 g/mol. The van der Waals surface area contributed by atoms with E-state index in [0.717, 1.165) is 10.6 Å². The molecule has 0 amide bonds. The molecule has 0 aliphatic rings. The van der Waals surface area contributed by atoms with Crippen LogP contribution in [-0.2, 0) is 10.0 Å². The molecule has 0 saturated heterocycles. The first kappa shape index (κ1) is 17.8. The number of ether oxygens (including phenoxy) is 1. The zero-order valence-corrected chi connectivity index (χ0v) is 15.7. The predicted molar refractivity (Wildman–Crippen MR) is 94.3 cm³/mol. The number of methoxy groups -OCH3 is 1. The van der Waals surface area contributed by atoms with Crippen LogP contribution in [0.4, 0.5) is 17.2 Å². The summed E-state index contributed by atoms with van der Waals surface area (Å²) in [5.41, 5.74) is 0.933. The molecule has 7 nitrogen and oxygen atoms in total. The second-order valence-corrected chi connectivity index (χ2v) is 7.78. The predicted octanol–water partition coefficient (Wildman–Crippen LogP) is 3.04. The second-order valence-electron chi connectivity index (χ2n) is 4.57. The minimum Gasteiger partial charge on any atom is -0.497 e. The molecule has 0 aliphatic carbocycles. The third kappa shape index (κ3) is 4.24. The van der Waals surface area contributed by atoms with E-state index in [2.05, 4.69) is 31.2 Å². The van der Waals surface area contributed by atoms with Crippen molar-refractivity contribution in [3.63, 3.8) is 0 Å². The van der Waals surface area contributed by atoms with Crippen LogP contribution in [0.2, 0.25) is 5.28 Å². The summed E-state index contributed by atoms with van der Waals surface area (Å²) in [6.45, 7) is 0. The van der Waals surface area contributed by atoms with Gasteiger partial charge in [0.05, 0.1) is 29.2 Å². The van der Waals surface area contributed by atoms with E-state index in [0.29, 0.717) is 27.4 Å². The van der Waals surface area contributed by atoms with E-state index in [1.54, 1.807) is 18.2 Å². The molecule has 1 aromatic carbocycles. The molecule has 0 aliphatic heterocycles. The number of aromatic nitrogens is 2. The van der Waals surface area contributed by atoms with Crippen molar-refractivity contribution < 1.29 is 13.2 Å². The Bertz CT molecular complexity index is 832. The number of benzene rings is 1. The van der Waals surface area contributed by atoms with E-state index in [9.17, 15) is 8.42 Å². The fourth-order valence-electron chi connectivity index (χ4n) is 1.74. The first-order chi connectivity index (χ1) is 10.7. The van der Waals surface area contributed by atoms with Gasteiger partial charge < -0.3 is 10.1 Å². The van der Waals surface area contributed by atoms with Gasteiger partial charge in [-0.05, 0) is 39.7 Å². The Balaban J connectivity index is 2.51. The van der Waals surface area contributed by atoms with Gasteiger partial charge in [-0.1, -0.05) is 0 Å². The molecule has 1 N–H and O–H groups in total. The highest BCUT2D eigenvalue weighted by molar-refractivity contribution is 9.10. The first-order valence-corrected chi connectivity index (χ1v) is 9.31. The molecule has 2 aromatic rings. The van der Waals surface area contributed by atoms with E-state index in [-0.39, 0.29) is 5.28 Å². The third-order valence-corrected chi connectivity index (χ3v) is 4.96. The minimum absolute atomic E-state index is 0.0715. The maximum absolute atomic E-state index is 11.9. The number of nitrogens with zero attached hydrogens (tertiary/aromatic N) is 3. The Labute approximate surface area is 147 Å². The maximum atomic E-state index is 11.9. The van der Waals surface area contributed by atoms with Crippen molar-refractivity contribution in [2.45, 2.75) is 0 Å². The number of anilines is 3. The zero-order chi connectivity index (χ0) is 17.2. The second kappa shape index (κ2) is 6.90. The van der Waals surface area contributed by atoms with Gasteiger partial charge in [0.25, 0.3) is 0 Å². The quantitative estimate of drug-likeness (QED) is 0.747. The SMILES string of the molecule is COc1ccc(Nc2nc(Cl)ncc2Br)c(N(C)S(C)(=O)=O)c1. The van der Waals surface area contributed by atoms with Gasteiger partial charge in [-0.2, -0.15) is 4.98 Å². The molecule has 0 bridgehead atoms. The van der Waals surface area contributed by atoms with Gasteiger partial charge >= 0.3 is 0 Å². The van der Waals surface area contributed by atoms with Crippen LogP contribution in [0.1, 0.15) is 0 Å². The normalized spacial score (nSPS) is 11.2. The average molecular weight is 422 g/mol. The maximum Gasteiger partial charge on any atom is 0.232 e.